The minimum Gasteiger partial charge on any atom is -0.378 e. The van der Waals surface area contributed by atoms with Gasteiger partial charge in [-0.3, -0.25) is 19.2 Å². The summed E-state index contributed by atoms with van der Waals surface area (Å²) in [4.78, 5) is 28.2. The number of amides is 2. The molecule has 0 unspecified atom stereocenters. The van der Waals surface area contributed by atoms with Crippen LogP contribution in [-0.2, 0) is 27.4 Å². The summed E-state index contributed by atoms with van der Waals surface area (Å²) in [6.07, 6.45) is 0. The molecule has 2 aromatic rings. The molecular weight excluding hydrogens is 382 g/mol. The van der Waals surface area contributed by atoms with Gasteiger partial charge in [0.2, 0.25) is 11.8 Å². The van der Waals surface area contributed by atoms with Crippen LogP contribution >= 0.6 is 0 Å². The second-order valence-electron chi connectivity index (χ2n) is 7.73. The first kappa shape index (κ1) is 22.0. The third-order valence-electron chi connectivity index (χ3n) is 5.35. The molecule has 1 saturated heterocycles. The predicted molar refractivity (Wildman–Crippen MR) is 114 cm³/mol. The lowest BCUT2D eigenvalue weighted by Crippen LogP contribution is -2.46. The highest BCUT2D eigenvalue weighted by molar-refractivity contribution is 5.81. The smallest absolute Gasteiger partial charge is 0.236 e. The van der Waals surface area contributed by atoms with E-state index in [1.807, 2.05) is 36.7 Å². The summed E-state index contributed by atoms with van der Waals surface area (Å²) < 4.78 is 7.24. The summed E-state index contributed by atoms with van der Waals surface area (Å²) in [5.74, 6) is -0.0793. The highest BCUT2D eigenvalue weighted by atomic mass is 16.5. The summed E-state index contributed by atoms with van der Waals surface area (Å²) >= 11 is 0. The third kappa shape index (κ3) is 5.90. The quantitative estimate of drug-likeness (QED) is 0.697. The maximum absolute atomic E-state index is 12.4. The Morgan fingerprint density at radius 2 is 1.83 bits per heavy atom. The molecule has 1 fully saturated rings. The number of hydrogen-bond donors (Lipinski definition) is 1. The van der Waals surface area contributed by atoms with E-state index in [1.54, 1.807) is 16.8 Å². The van der Waals surface area contributed by atoms with Crippen LogP contribution in [0.5, 0.6) is 0 Å². The van der Waals surface area contributed by atoms with Crippen molar-refractivity contribution in [2.24, 2.45) is 0 Å². The van der Waals surface area contributed by atoms with Crippen molar-refractivity contribution in [3.63, 3.8) is 0 Å². The molecule has 2 amide bonds. The average molecular weight is 414 g/mol. The van der Waals surface area contributed by atoms with Crippen molar-refractivity contribution in [3.05, 3.63) is 52.8 Å². The summed E-state index contributed by atoms with van der Waals surface area (Å²) in [5.41, 5.74) is 4.18. The van der Waals surface area contributed by atoms with E-state index >= 15 is 0 Å². The molecular formula is C22H31N5O3. The fourth-order valence-corrected chi connectivity index (χ4v) is 3.59. The van der Waals surface area contributed by atoms with Crippen molar-refractivity contribution >= 4 is 11.8 Å². The van der Waals surface area contributed by atoms with Gasteiger partial charge in [0.15, 0.2) is 0 Å². The Balaban J connectivity index is 1.48. The zero-order valence-corrected chi connectivity index (χ0v) is 18.1. The van der Waals surface area contributed by atoms with Gasteiger partial charge >= 0.3 is 0 Å². The van der Waals surface area contributed by atoms with Crippen molar-refractivity contribution in [2.45, 2.75) is 26.9 Å². The first-order valence-electron chi connectivity index (χ1n) is 10.3. The van der Waals surface area contributed by atoms with Crippen molar-refractivity contribution in [1.82, 2.24) is 24.9 Å². The van der Waals surface area contributed by atoms with E-state index in [1.165, 1.54) is 5.56 Å². The molecule has 3 rings (SSSR count). The molecule has 1 aliphatic rings. The van der Waals surface area contributed by atoms with Crippen LogP contribution in [0.15, 0.2) is 30.3 Å². The van der Waals surface area contributed by atoms with Crippen LogP contribution in [0, 0.1) is 13.8 Å². The van der Waals surface area contributed by atoms with Gasteiger partial charge in [-0.1, -0.05) is 30.3 Å². The van der Waals surface area contributed by atoms with Gasteiger partial charge in [-0.25, -0.2) is 0 Å². The van der Waals surface area contributed by atoms with Gasteiger partial charge in [-0.2, -0.15) is 5.10 Å². The first-order valence-corrected chi connectivity index (χ1v) is 10.3. The number of nitrogens with zero attached hydrogens (tertiary/aromatic N) is 4. The van der Waals surface area contributed by atoms with Gasteiger partial charge < -0.3 is 15.0 Å². The van der Waals surface area contributed by atoms with Crippen molar-refractivity contribution in [3.8, 4) is 0 Å². The fraction of sp³-hybridized carbons (Fsp3) is 0.500. The monoisotopic (exact) mass is 413 g/mol. The van der Waals surface area contributed by atoms with Crippen LogP contribution in [0.4, 0.5) is 0 Å². The van der Waals surface area contributed by atoms with E-state index in [-0.39, 0.29) is 24.9 Å². The molecule has 1 aromatic carbocycles. The number of hydrogen-bond acceptors (Lipinski definition) is 5. The molecule has 162 valence electrons. The number of aromatic nitrogens is 2. The molecule has 1 N–H and O–H groups in total. The number of rotatable bonds is 8. The Morgan fingerprint density at radius 1 is 1.13 bits per heavy atom. The Labute approximate surface area is 177 Å². The Kier molecular flexibility index (Phi) is 7.59. The Hall–Kier alpha value is -2.71. The van der Waals surface area contributed by atoms with E-state index in [4.69, 9.17) is 4.74 Å². The molecule has 0 saturated carbocycles. The molecule has 1 aliphatic heterocycles. The van der Waals surface area contributed by atoms with E-state index in [9.17, 15) is 9.59 Å². The molecule has 0 atom stereocenters. The highest BCUT2D eigenvalue weighted by Crippen LogP contribution is 2.14. The Bertz CT molecular complexity index is 859. The molecule has 0 spiro atoms. The van der Waals surface area contributed by atoms with Crippen LogP contribution in [0.3, 0.4) is 0 Å². The van der Waals surface area contributed by atoms with E-state index in [0.29, 0.717) is 39.4 Å². The number of benzene rings is 1. The second kappa shape index (κ2) is 10.4. The van der Waals surface area contributed by atoms with Gasteiger partial charge in [0.25, 0.3) is 0 Å². The summed E-state index contributed by atoms with van der Waals surface area (Å²) in [7, 11) is 1.78. The maximum atomic E-state index is 12.4. The zero-order chi connectivity index (χ0) is 21.5. The lowest BCUT2D eigenvalue weighted by molar-refractivity contribution is -0.136. The van der Waals surface area contributed by atoms with E-state index in [2.05, 4.69) is 22.5 Å². The van der Waals surface area contributed by atoms with Crippen LogP contribution in [-0.4, -0.2) is 77.8 Å². The van der Waals surface area contributed by atoms with Gasteiger partial charge in [-0.15, -0.1) is 0 Å². The topological polar surface area (TPSA) is 79.7 Å². The van der Waals surface area contributed by atoms with Crippen LogP contribution in [0.1, 0.15) is 22.5 Å². The van der Waals surface area contributed by atoms with E-state index < -0.39 is 0 Å². The Morgan fingerprint density at radius 3 is 2.53 bits per heavy atom. The summed E-state index contributed by atoms with van der Waals surface area (Å²) in [6, 6.07) is 10.2. The van der Waals surface area contributed by atoms with Crippen molar-refractivity contribution in [1.29, 1.82) is 0 Å². The maximum Gasteiger partial charge on any atom is 0.236 e. The average Bonchev–Trinajstić information content (AvgIpc) is 3.00. The molecule has 0 bridgehead atoms. The lowest BCUT2D eigenvalue weighted by Gasteiger charge is -2.28. The van der Waals surface area contributed by atoms with Gasteiger partial charge in [0, 0.05) is 30.9 Å². The van der Waals surface area contributed by atoms with Crippen molar-refractivity contribution < 1.29 is 14.3 Å². The van der Waals surface area contributed by atoms with E-state index in [0.717, 1.165) is 17.0 Å². The first-order chi connectivity index (χ1) is 14.4. The largest absolute Gasteiger partial charge is 0.378 e. The van der Waals surface area contributed by atoms with Crippen molar-refractivity contribution in [2.75, 3.05) is 46.4 Å². The van der Waals surface area contributed by atoms with Crippen LogP contribution in [0.25, 0.3) is 0 Å². The van der Waals surface area contributed by atoms with Crippen LogP contribution in [0.2, 0.25) is 0 Å². The SMILES string of the molecule is Cc1nn(Cc2ccccc2)c(C)c1CNC(=O)CN(C)CC(=O)N1CCOCC1. The minimum atomic E-state index is -0.109. The standard InChI is InChI=1S/C22H31N5O3/c1-17-20(18(2)27(24-17)14-19-7-5-4-6-8-19)13-23-21(28)15-25(3)16-22(29)26-9-11-30-12-10-26/h4-8H,9-16H2,1-3H3,(H,23,28). The predicted octanol–water partition coefficient (Wildman–Crippen LogP) is 0.955. The van der Waals surface area contributed by atoms with Gasteiger partial charge in [0.1, 0.15) is 0 Å². The molecule has 0 aliphatic carbocycles. The number of aryl methyl sites for hydroxylation is 1. The fourth-order valence-electron chi connectivity index (χ4n) is 3.59. The highest BCUT2D eigenvalue weighted by Gasteiger charge is 2.19. The van der Waals surface area contributed by atoms with Crippen LogP contribution < -0.4 is 5.32 Å². The zero-order valence-electron chi connectivity index (χ0n) is 18.1. The minimum absolute atomic E-state index is 0.0301. The molecule has 2 heterocycles. The number of nitrogens with one attached hydrogen (secondary N) is 1. The molecule has 8 heteroatoms. The second-order valence-corrected chi connectivity index (χ2v) is 7.73. The molecule has 8 nitrogen and oxygen atoms in total. The number of morpholine rings is 1. The normalized spacial score (nSPS) is 14.2. The number of carbonyl (C=O) groups is 2. The lowest BCUT2D eigenvalue weighted by atomic mass is 10.2. The molecule has 30 heavy (non-hydrogen) atoms. The number of carbonyl (C=O) groups excluding carboxylic acids is 2. The van der Waals surface area contributed by atoms with Gasteiger partial charge in [-0.05, 0) is 26.5 Å². The third-order valence-corrected chi connectivity index (χ3v) is 5.35. The number of ether oxygens (including phenoxy) is 1. The molecule has 1 aromatic heterocycles. The summed E-state index contributed by atoms with van der Waals surface area (Å²) in [6.45, 7) is 7.89. The summed E-state index contributed by atoms with van der Waals surface area (Å²) in [5, 5.41) is 7.59. The molecule has 0 radical (unpaired) electrons. The van der Waals surface area contributed by atoms with Gasteiger partial charge in [0.05, 0.1) is 38.5 Å². The number of likely N-dealkylation sites (N-methyl/N-ethyl adjacent to an activating group) is 1.